The molecule has 0 bridgehead atoms. The van der Waals surface area contributed by atoms with E-state index in [-0.39, 0.29) is 5.41 Å². The molecule has 0 aliphatic rings. The van der Waals surface area contributed by atoms with Gasteiger partial charge in [0.15, 0.2) is 0 Å². The van der Waals surface area contributed by atoms with Crippen LogP contribution in [0, 0.1) is 0 Å². The number of imidazole rings is 1. The van der Waals surface area contributed by atoms with Gasteiger partial charge in [-0.25, -0.2) is 9.97 Å². The normalized spacial score (nSPS) is 12.5. The van der Waals surface area contributed by atoms with Gasteiger partial charge in [0.05, 0.1) is 44.1 Å². The van der Waals surface area contributed by atoms with E-state index in [1.807, 2.05) is 6.20 Å². The first-order valence-corrected chi connectivity index (χ1v) is 22.7. The van der Waals surface area contributed by atoms with Crippen molar-refractivity contribution in [2.45, 2.75) is 26.2 Å². The van der Waals surface area contributed by atoms with E-state index in [2.05, 4.69) is 222 Å². The predicted molar refractivity (Wildman–Crippen MR) is 275 cm³/mol. The lowest BCUT2D eigenvalue weighted by molar-refractivity contribution is 0.484. The predicted octanol–water partition coefficient (Wildman–Crippen LogP) is 15.8. The standard InChI is InChI=1S/C60H41N5O/c1-60(2,3)36-31-32-61-55(33-36)63-50-23-10-8-18-43(50)45-30-28-38(35-54(45)63)66-37-27-29-40-42-17-7-13-26-53(42)65-58-48-22-14-21-47-44-19-9-12-25-52(44)64(57(47)48)51-24-11-6-16-41(51)39-15-4-5-20-46(39)56(58)62-59(65)49(40)34-37/h4-35H,1-3H3. The Kier molecular flexibility index (Phi) is 7.57. The summed E-state index contributed by atoms with van der Waals surface area (Å²) < 4.78 is 14.1. The van der Waals surface area contributed by atoms with E-state index in [1.165, 1.54) is 27.2 Å². The van der Waals surface area contributed by atoms with Gasteiger partial charge < -0.3 is 9.14 Å². The average Bonchev–Trinajstić information content (AvgIpc) is 4.03. The van der Waals surface area contributed by atoms with Crippen LogP contribution in [0.3, 0.4) is 0 Å². The topological polar surface area (TPSA) is 48.8 Å². The molecule has 6 nitrogen and oxygen atoms in total. The van der Waals surface area contributed by atoms with E-state index in [4.69, 9.17) is 14.7 Å². The summed E-state index contributed by atoms with van der Waals surface area (Å²) in [7, 11) is 0. The molecule has 6 aromatic heterocycles. The number of hydrogen-bond donors (Lipinski definition) is 0. The molecule has 66 heavy (non-hydrogen) atoms. The summed E-state index contributed by atoms with van der Waals surface area (Å²) in [5.74, 6) is 2.37. The second-order valence-corrected chi connectivity index (χ2v) is 18.6. The van der Waals surface area contributed by atoms with Crippen LogP contribution in [0.2, 0.25) is 0 Å². The highest BCUT2D eigenvalue weighted by molar-refractivity contribution is 6.26. The minimum Gasteiger partial charge on any atom is -0.457 e. The number of ether oxygens (including phenoxy) is 1. The van der Waals surface area contributed by atoms with Crippen molar-refractivity contribution < 1.29 is 4.74 Å². The van der Waals surface area contributed by atoms with Gasteiger partial charge in [0.25, 0.3) is 0 Å². The molecule has 14 rings (SSSR count). The Labute approximate surface area is 378 Å². The third-order valence-corrected chi connectivity index (χ3v) is 13.8. The Balaban J connectivity index is 1.07. The summed E-state index contributed by atoms with van der Waals surface area (Å²) in [6.45, 7) is 6.72. The number of nitrogens with zero attached hydrogens (tertiary/aromatic N) is 5. The molecule has 6 heteroatoms. The largest absolute Gasteiger partial charge is 0.457 e. The second-order valence-electron chi connectivity index (χ2n) is 18.6. The fourth-order valence-corrected chi connectivity index (χ4v) is 10.9. The first kappa shape index (κ1) is 36.9. The van der Waals surface area contributed by atoms with Crippen LogP contribution in [-0.2, 0) is 5.41 Å². The van der Waals surface area contributed by atoms with Crippen molar-refractivity contribution in [2.75, 3.05) is 0 Å². The molecule has 14 aromatic rings. The summed E-state index contributed by atoms with van der Waals surface area (Å²) >= 11 is 0. The quantitative estimate of drug-likeness (QED) is 0.166. The molecule has 0 spiro atoms. The van der Waals surface area contributed by atoms with Crippen molar-refractivity contribution in [3.8, 4) is 17.3 Å². The summed E-state index contributed by atoms with van der Waals surface area (Å²) in [4.78, 5) is 10.7. The summed E-state index contributed by atoms with van der Waals surface area (Å²) in [5.41, 5.74) is 10.8. The van der Waals surface area contributed by atoms with Crippen LogP contribution in [0.15, 0.2) is 194 Å². The van der Waals surface area contributed by atoms with Crippen LogP contribution in [-0.4, -0.2) is 23.3 Å². The van der Waals surface area contributed by atoms with Gasteiger partial charge in [-0.3, -0.25) is 8.97 Å². The van der Waals surface area contributed by atoms with Gasteiger partial charge in [-0.2, -0.15) is 0 Å². The van der Waals surface area contributed by atoms with Crippen LogP contribution in [0.1, 0.15) is 26.3 Å². The zero-order chi connectivity index (χ0) is 43.8. The zero-order valence-corrected chi connectivity index (χ0v) is 36.6. The number of fused-ring (bicyclic) bond motifs is 20. The zero-order valence-electron chi connectivity index (χ0n) is 36.6. The van der Waals surface area contributed by atoms with Gasteiger partial charge in [-0.1, -0.05) is 136 Å². The maximum absolute atomic E-state index is 6.93. The van der Waals surface area contributed by atoms with Gasteiger partial charge >= 0.3 is 0 Å². The van der Waals surface area contributed by atoms with E-state index in [0.717, 1.165) is 105 Å². The average molecular weight is 848 g/mol. The van der Waals surface area contributed by atoms with E-state index in [1.54, 1.807) is 0 Å². The van der Waals surface area contributed by atoms with Crippen LogP contribution in [0.4, 0.5) is 0 Å². The smallest absolute Gasteiger partial charge is 0.146 e. The number of pyridine rings is 2. The minimum atomic E-state index is -0.0223. The summed E-state index contributed by atoms with van der Waals surface area (Å²) in [6.07, 6.45) is 1.92. The Morgan fingerprint density at radius 3 is 1.61 bits per heavy atom. The third kappa shape index (κ3) is 5.18. The molecule has 0 amide bonds. The van der Waals surface area contributed by atoms with Crippen molar-refractivity contribution in [1.29, 1.82) is 0 Å². The highest BCUT2D eigenvalue weighted by atomic mass is 16.5. The lowest BCUT2D eigenvalue weighted by Gasteiger charge is -2.20. The van der Waals surface area contributed by atoms with Crippen LogP contribution >= 0.6 is 0 Å². The Bertz CT molecular complexity index is 4430. The number of para-hydroxylation sites is 5. The van der Waals surface area contributed by atoms with Gasteiger partial charge in [0.1, 0.15) is 23.0 Å². The molecule has 0 aliphatic heterocycles. The minimum absolute atomic E-state index is 0.0223. The van der Waals surface area contributed by atoms with Gasteiger partial charge in [-0.15, -0.1) is 0 Å². The molecule has 0 saturated carbocycles. The first-order valence-electron chi connectivity index (χ1n) is 22.7. The molecular formula is C60H41N5O. The fourth-order valence-electron chi connectivity index (χ4n) is 10.9. The summed E-state index contributed by atoms with van der Waals surface area (Å²) in [5, 5.41) is 12.5. The number of aromatic nitrogens is 5. The SMILES string of the molecule is CC(C)(C)c1ccnc(-n2c3ccccc3c3ccc(Oc4ccc5c6ccccc6n6c(nc7c8ccccc8c8ccccc8n8c9ccccc9c9cccc(c98)c76)c5c4)cc32)c1. The van der Waals surface area contributed by atoms with Crippen molar-refractivity contribution in [3.63, 3.8) is 0 Å². The van der Waals surface area contributed by atoms with Crippen LogP contribution in [0.5, 0.6) is 11.5 Å². The Morgan fingerprint density at radius 2 is 0.909 bits per heavy atom. The highest BCUT2D eigenvalue weighted by Crippen LogP contribution is 2.43. The number of rotatable bonds is 3. The number of benzene rings is 8. The van der Waals surface area contributed by atoms with E-state index in [9.17, 15) is 0 Å². The monoisotopic (exact) mass is 847 g/mol. The molecule has 0 N–H and O–H groups in total. The van der Waals surface area contributed by atoms with Crippen molar-refractivity contribution in [2.24, 2.45) is 0 Å². The van der Waals surface area contributed by atoms with E-state index in [0.29, 0.717) is 0 Å². The molecule has 0 aliphatic carbocycles. The maximum Gasteiger partial charge on any atom is 0.146 e. The van der Waals surface area contributed by atoms with Crippen LogP contribution < -0.4 is 4.74 Å². The van der Waals surface area contributed by atoms with E-state index >= 15 is 0 Å². The molecular weight excluding hydrogens is 807 g/mol. The third-order valence-electron chi connectivity index (χ3n) is 13.8. The molecule has 0 saturated heterocycles. The van der Waals surface area contributed by atoms with E-state index < -0.39 is 0 Å². The molecule has 6 heterocycles. The lowest BCUT2D eigenvalue weighted by Crippen LogP contribution is -2.12. The van der Waals surface area contributed by atoms with Crippen molar-refractivity contribution >= 4 is 109 Å². The molecule has 8 aromatic carbocycles. The van der Waals surface area contributed by atoms with Crippen molar-refractivity contribution in [3.05, 3.63) is 200 Å². The summed E-state index contributed by atoms with van der Waals surface area (Å²) in [6, 6.07) is 67.6. The van der Waals surface area contributed by atoms with Crippen LogP contribution in [0.25, 0.3) is 115 Å². The lowest BCUT2D eigenvalue weighted by atomic mass is 9.88. The van der Waals surface area contributed by atoms with Gasteiger partial charge in [0, 0.05) is 60.7 Å². The highest BCUT2D eigenvalue weighted by Gasteiger charge is 2.22. The van der Waals surface area contributed by atoms with Gasteiger partial charge in [0.2, 0.25) is 0 Å². The van der Waals surface area contributed by atoms with Crippen molar-refractivity contribution in [1.82, 2.24) is 23.3 Å². The van der Waals surface area contributed by atoms with Gasteiger partial charge in [-0.05, 0) is 88.5 Å². The first-order chi connectivity index (χ1) is 32.4. The number of hydrogen-bond acceptors (Lipinski definition) is 3. The molecule has 312 valence electrons. The molecule has 0 fully saturated rings. The maximum atomic E-state index is 6.93. The molecule has 0 atom stereocenters. The molecule has 0 radical (unpaired) electrons. The fraction of sp³-hybridized carbons (Fsp3) is 0.0667. The molecule has 0 unspecified atom stereocenters. The second kappa shape index (κ2) is 13.5. The Morgan fingerprint density at radius 1 is 0.394 bits per heavy atom. The Hall–Kier alpha value is -8.48.